The number of hydrogen-bond donors (Lipinski definition) is 4. The van der Waals surface area contributed by atoms with Crippen LogP contribution in [-0.2, 0) is 10.3 Å². The largest absolute Gasteiger partial charge is 0.453 e. The van der Waals surface area contributed by atoms with Crippen LogP contribution in [0.25, 0.3) is 16.8 Å². The van der Waals surface area contributed by atoms with Crippen LogP contribution in [0.1, 0.15) is 62.5 Å². The standard InChI is InChI=1S/C31H35F2N7O3/c1-17-11-18(12-24(34)28(17)38-30(41)43-2)21-7-10-35-16-26(21)37-29-36-15-20-5-6-25(39-40(20)29)27-22(32)13-19(14-23(27)33)31(42)8-3-4-9-31/h5-7,10,13-18,24,28,42H,3-4,8-9,11-12,34H2,1-2H3,(H,36,37)(H,38,41). The van der Waals surface area contributed by atoms with E-state index in [9.17, 15) is 9.90 Å². The summed E-state index contributed by atoms with van der Waals surface area (Å²) in [5.41, 5.74) is 7.69. The number of carbonyl (C=O) groups is 1. The van der Waals surface area contributed by atoms with E-state index in [1.165, 1.54) is 23.8 Å². The maximum atomic E-state index is 15.4. The van der Waals surface area contributed by atoms with Crippen LogP contribution in [0, 0.1) is 17.6 Å². The predicted molar refractivity (Wildman–Crippen MR) is 157 cm³/mol. The molecule has 0 aliphatic heterocycles. The number of alkyl carbamates (subject to hydrolysis) is 1. The minimum atomic E-state index is -1.21. The number of ether oxygens (including phenoxy) is 1. The second-order valence-electron chi connectivity index (χ2n) is 11.7. The average molecular weight is 592 g/mol. The molecule has 1 aromatic carbocycles. The molecule has 1 amide bonds. The summed E-state index contributed by atoms with van der Waals surface area (Å²) in [7, 11) is 1.33. The summed E-state index contributed by atoms with van der Waals surface area (Å²) in [4.78, 5) is 20.6. The summed E-state index contributed by atoms with van der Waals surface area (Å²) >= 11 is 0. The Hall–Kier alpha value is -4.16. The van der Waals surface area contributed by atoms with Gasteiger partial charge in [0.15, 0.2) is 0 Å². The highest BCUT2D eigenvalue weighted by molar-refractivity contribution is 5.68. The quantitative estimate of drug-likeness (QED) is 0.242. The predicted octanol–water partition coefficient (Wildman–Crippen LogP) is 5.14. The van der Waals surface area contributed by atoms with E-state index < -0.39 is 23.3 Å². The van der Waals surface area contributed by atoms with E-state index in [2.05, 4.69) is 25.7 Å². The van der Waals surface area contributed by atoms with E-state index in [1.807, 2.05) is 13.0 Å². The number of hydrogen-bond acceptors (Lipinski definition) is 8. The number of aliphatic hydroxyl groups is 1. The number of fused-ring (bicyclic) bond motifs is 1. The first-order valence-corrected chi connectivity index (χ1v) is 14.5. The van der Waals surface area contributed by atoms with Crippen molar-refractivity contribution in [2.24, 2.45) is 11.7 Å². The molecule has 0 bridgehead atoms. The summed E-state index contributed by atoms with van der Waals surface area (Å²) in [6, 6.07) is 7.11. The van der Waals surface area contributed by atoms with Gasteiger partial charge in [-0.15, -0.1) is 0 Å². The van der Waals surface area contributed by atoms with Crippen LogP contribution in [0.2, 0.25) is 0 Å². The minimum absolute atomic E-state index is 0.0809. The molecule has 4 aromatic rings. The summed E-state index contributed by atoms with van der Waals surface area (Å²) in [5.74, 6) is -1.04. The molecule has 12 heteroatoms. The molecule has 2 saturated carbocycles. The lowest BCUT2D eigenvalue weighted by atomic mass is 9.73. The molecule has 4 unspecified atom stereocenters. The van der Waals surface area contributed by atoms with Crippen LogP contribution in [0.15, 0.2) is 48.9 Å². The normalized spacial score (nSPS) is 23.3. The molecule has 5 N–H and O–H groups in total. The van der Waals surface area contributed by atoms with Crippen molar-refractivity contribution in [2.75, 3.05) is 12.4 Å². The number of amides is 1. The van der Waals surface area contributed by atoms with Crippen LogP contribution in [0.4, 0.5) is 25.2 Å². The third-order valence-electron chi connectivity index (χ3n) is 8.95. The van der Waals surface area contributed by atoms with Gasteiger partial charge in [-0.2, -0.15) is 9.61 Å². The van der Waals surface area contributed by atoms with Crippen LogP contribution in [-0.4, -0.2) is 50.0 Å². The van der Waals surface area contributed by atoms with Crippen molar-refractivity contribution >= 4 is 23.2 Å². The smallest absolute Gasteiger partial charge is 0.407 e. The van der Waals surface area contributed by atoms with Crippen LogP contribution >= 0.6 is 0 Å². The van der Waals surface area contributed by atoms with Crippen molar-refractivity contribution in [3.05, 3.63) is 71.7 Å². The van der Waals surface area contributed by atoms with Gasteiger partial charge in [-0.25, -0.2) is 18.6 Å². The Morgan fingerprint density at radius 1 is 1.14 bits per heavy atom. The van der Waals surface area contributed by atoms with Gasteiger partial charge in [0.1, 0.15) is 11.6 Å². The number of nitrogens with two attached hydrogens (primary N) is 1. The second kappa shape index (κ2) is 11.5. The van der Waals surface area contributed by atoms with E-state index in [4.69, 9.17) is 10.5 Å². The van der Waals surface area contributed by atoms with Gasteiger partial charge in [-0.3, -0.25) is 4.98 Å². The molecule has 0 spiro atoms. The highest BCUT2D eigenvalue weighted by Crippen LogP contribution is 2.41. The zero-order valence-corrected chi connectivity index (χ0v) is 24.1. The van der Waals surface area contributed by atoms with Gasteiger partial charge >= 0.3 is 6.09 Å². The number of carbonyl (C=O) groups excluding carboxylic acids is 1. The Labute approximate surface area is 247 Å². The molecule has 0 saturated heterocycles. The second-order valence-corrected chi connectivity index (χ2v) is 11.7. The summed E-state index contributed by atoms with van der Waals surface area (Å²) < 4.78 is 37.0. The summed E-state index contributed by atoms with van der Waals surface area (Å²) in [6.45, 7) is 2.05. The molecule has 3 aromatic heterocycles. The molecule has 43 heavy (non-hydrogen) atoms. The fourth-order valence-corrected chi connectivity index (χ4v) is 6.71. The zero-order valence-electron chi connectivity index (χ0n) is 24.1. The highest BCUT2D eigenvalue weighted by atomic mass is 19.1. The lowest BCUT2D eigenvalue weighted by Gasteiger charge is -2.39. The molecule has 10 nitrogen and oxygen atoms in total. The molecule has 0 radical (unpaired) electrons. The molecule has 3 heterocycles. The van der Waals surface area contributed by atoms with E-state index >= 15 is 8.78 Å². The van der Waals surface area contributed by atoms with Crippen molar-refractivity contribution in [1.82, 2.24) is 24.9 Å². The number of pyridine rings is 1. The third-order valence-corrected chi connectivity index (χ3v) is 8.95. The Balaban J connectivity index is 1.28. The topological polar surface area (TPSA) is 140 Å². The van der Waals surface area contributed by atoms with Gasteiger partial charge in [-0.05, 0) is 79.0 Å². The number of imidazole rings is 1. The number of halogens is 2. The molecule has 2 aliphatic carbocycles. The van der Waals surface area contributed by atoms with E-state index in [0.29, 0.717) is 36.4 Å². The van der Waals surface area contributed by atoms with Gasteiger partial charge < -0.3 is 26.2 Å². The lowest BCUT2D eigenvalue weighted by Crippen LogP contribution is -2.54. The van der Waals surface area contributed by atoms with Gasteiger partial charge in [0.05, 0.1) is 47.6 Å². The van der Waals surface area contributed by atoms with Gasteiger partial charge in [0, 0.05) is 18.3 Å². The van der Waals surface area contributed by atoms with Crippen molar-refractivity contribution in [3.63, 3.8) is 0 Å². The van der Waals surface area contributed by atoms with E-state index in [1.54, 1.807) is 30.7 Å². The molecule has 226 valence electrons. The molecule has 6 rings (SSSR count). The average Bonchev–Trinajstić information content (AvgIpc) is 3.61. The van der Waals surface area contributed by atoms with Crippen molar-refractivity contribution < 1.29 is 23.4 Å². The van der Waals surface area contributed by atoms with Crippen molar-refractivity contribution in [3.8, 4) is 11.3 Å². The van der Waals surface area contributed by atoms with Gasteiger partial charge in [0.2, 0.25) is 5.95 Å². The van der Waals surface area contributed by atoms with Gasteiger partial charge in [-0.1, -0.05) is 19.8 Å². The number of benzene rings is 1. The number of methoxy groups -OCH3 is 1. The lowest BCUT2D eigenvalue weighted by molar-refractivity contribution is 0.0438. The number of nitrogens with one attached hydrogen (secondary N) is 2. The number of nitrogens with zero attached hydrogens (tertiary/aromatic N) is 4. The Morgan fingerprint density at radius 3 is 2.58 bits per heavy atom. The summed E-state index contributed by atoms with van der Waals surface area (Å²) in [5, 5.41) is 21.6. The van der Waals surface area contributed by atoms with Gasteiger partial charge in [0.25, 0.3) is 0 Å². The first kappa shape index (κ1) is 28.9. The first-order chi connectivity index (χ1) is 20.7. The fraction of sp³-hybridized carbons (Fsp3) is 0.419. The molecular weight excluding hydrogens is 556 g/mol. The van der Waals surface area contributed by atoms with Crippen molar-refractivity contribution in [1.29, 1.82) is 0 Å². The van der Waals surface area contributed by atoms with Crippen LogP contribution < -0.4 is 16.4 Å². The fourth-order valence-electron chi connectivity index (χ4n) is 6.71. The minimum Gasteiger partial charge on any atom is -0.453 e. The molecule has 4 atom stereocenters. The third kappa shape index (κ3) is 5.52. The molecular formula is C31H35F2N7O3. The number of rotatable bonds is 6. The maximum absolute atomic E-state index is 15.4. The summed E-state index contributed by atoms with van der Waals surface area (Å²) in [6.07, 6.45) is 8.51. The first-order valence-electron chi connectivity index (χ1n) is 14.5. The number of aromatic nitrogens is 4. The maximum Gasteiger partial charge on any atom is 0.407 e. The monoisotopic (exact) mass is 591 g/mol. The zero-order chi connectivity index (χ0) is 30.3. The van der Waals surface area contributed by atoms with Crippen molar-refractivity contribution in [2.45, 2.75) is 69.1 Å². The number of anilines is 2. The Bertz CT molecular complexity index is 1620. The van der Waals surface area contributed by atoms with E-state index in [-0.39, 0.29) is 40.7 Å². The van der Waals surface area contributed by atoms with Crippen LogP contribution in [0.3, 0.4) is 0 Å². The molecule has 2 fully saturated rings. The van der Waals surface area contributed by atoms with E-state index in [0.717, 1.165) is 24.8 Å². The molecule has 2 aliphatic rings. The highest BCUT2D eigenvalue weighted by Gasteiger charge is 2.37. The SMILES string of the molecule is COC(=O)NC1C(C)CC(c2ccncc2Nc2ncc3ccc(-c4c(F)cc(C5(O)CCCC5)cc4F)nn23)CC1N. The van der Waals surface area contributed by atoms with Crippen LogP contribution in [0.5, 0.6) is 0 Å². The Kier molecular flexibility index (Phi) is 7.74. The Morgan fingerprint density at radius 2 is 1.88 bits per heavy atom.